The summed E-state index contributed by atoms with van der Waals surface area (Å²) in [6, 6.07) is 0. The van der Waals surface area contributed by atoms with Gasteiger partial charge in [-0.3, -0.25) is 4.79 Å². The van der Waals surface area contributed by atoms with Crippen LogP contribution in [-0.2, 0) is 4.79 Å². The highest BCUT2D eigenvalue weighted by atomic mass is 16.2. The molecular weight excluding hydrogens is 162 g/mol. The molecule has 1 saturated heterocycles. The molecule has 0 unspecified atom stereocenters. The van der Waals surface area contributed by atoms with E-state index in [1.54, 1.807) is 0 Å². The zero-order valence-electron chi connectivity index (χ0n) is 9.26. The van der Waals surface area contributed by atoms with Crippen LogP contribution in [0.3, 0.4) is 0 Å². The molecule has 1 rings (SSSR count). The Balaban J connectivity index is 2.62. The molecule has 0 atom stereocenters. The molecule has 0 aromatic carbocycles. The zero-order valence-corrected chi connectivity index (χ0v) is 9.26. The minimum absolute atomic E-state index is 0.0573. The minimum Gasteiger partial charge on any atom is -0.338 e. The van der Waals surface area contributed by atoms with Gasteiger partial charge in [-0.25, -0.2) is 0 Å². The van der Waals surface area contributed by atoms with E-state index in [-0.39, 0.29) is 5.54 Å². The third-order valence-corrected chi connectivity index (χ3v) is 2.71. The summed E-state index contributed by atoms with van der Waals surface area (Å²) in [4.78, 5) is 13.6. The number of hydrogen-bond donors (Lipinski definition) is 0. The van der Waals surface area contributed by atoms with Crippen LogP contribution in [0.5, 0.6) is 0 Å². The van der Waals surface area contributed by atoms with Crippen LogP contribution < -0.4 is 0 Å². The van der Waals surface area contributed by atoms with Crippen molar-refractivity contribution < 1.29 is 4.79 Å². The molecule has 0 bridgehead atoms. The summed E-state index contributed by atoms with van der Waals surface area (Å²) in [7, 11) is 0. The summed E-state index contributed by atoms with van der Waals surface area (Å²) in [5.41, 5.74) is 0.0573. The van der Waals surface area contributed by atoms with E-state index in [4.69, 9.17) is 0 Å². The van der Waals surface area contributed by atoms with Gasteiger partial charge in [-0.15, -0.1) is 0 Å². The SMILES string of the molecule is CC(C)CC(C)(C)N1CCCC1=O. The quantitative estimate of drug-likeness (QED) is 0.658. The molecule has 0 aliphatic carbocycles. The number of hydrogen-bond acceptors (Lipinski definition) is 1. The summed E-state index contributed by atoms with van der Waals surface area (Å²) in [6.45, 7) is 9.73. The van der Waals surface area contributed by atoms with Crippen molar-refractivity contribution in [2.75, 3.05) is 6.54 Å². The molecule has 1 aliphatic rings. The lowest BCUT2D eigenvalue weighted by atomic mass is 9.91. The average molecular weight is 183 g/mol. The second-order valence-corrected chi connectivity index (χ2v) is 5.06. The van der Waals surface area contributed by atoms with Gasteiger partial charge in [0.15, 0.2) is 0 Å². The highest BCUT2D eigenvalue weighted by Gasteiger charge is 2.33. The van der Waals surface area contributed by atoms with Gasteiger partial charge in [0, 0.05) is 18.5 Å². The van der Waals surface area contributed by atoms with Crippen LogP contribution in [0.25, 0.3) is 0 Å². The number of carbonyl (C=O) groups excluding carboxylic acids is 1. The lowest BCUT2D eigenvalue weighted by molar-refractivity contribution is -0.132. The van der Waals surface area contributed by atoms with E-state index >= 15 is 0 Å². The van der Waals surface area contributed by atoms with Gasteiger partial charge in [-0.05, 0) is 32.6 Å². The molecule has 0 aromatic rings. The topological polar surface area (TPSA) is 20.3 Å². The third-order valence-electron chi connectivity index (χ3n) is 2.71. The van der Waals surface area contributed by atoms with Crippen LogP contribution in [-0.4, -0.2) is 22.9 Å². The van der Waals surface area contributed by atoms with Gasteiger partial charge >= 0.3 is 0 Å². The van der Waals surface area contributed by atoms with Crippen LogP contribution in [0.15, 0.2) is 0 Å². The van der Waals surface area contributed by atoms with Gasteiger partial charge in [0.05, 0.1) is 0 Å². The molecule has 0 spiro atoms. The fraction of sp³-hybridized carbons (Fsp3) is 0.909. The Morgan fingerprint density at radius 1 is 1.46 bits per heavy atom. The van der Waals surface area contributed by atoms with Gasteiger partial charge in [0.1, 0.15) is 0 Å². The van der Waals surface area contributed by atoms with Crippen LogP contribution in [0, 0.1) is 5.92 Å². The Morgan fingerprint density at radius 2 is 2.08 bits per heavy atom. The van der Waals surface area contributed by atoms with Crippen LogP contribution in [0.1, 0.15) is 47.0 Å². The van der Waals surface area contributed by atoms with Gasteiger partial charge in [0.25, 0.3) is 0 Å². The highest BCUT2D eigenvalue weighted by molar-refractivity contribution is 5.78. The molecule has 0 N–H and O–H groups in total. The fourth-order valence-corrected chi connectivity index (χ4v) is 2.40. The predicted molar refractivity (Wildman–Crippen MR) is 54.5 cm³/mol. The van der Waals surface area contributed by atoms with Gasteiger partial charge in [-0.1, -0.05) is 13.8 Å². The predicted octanol–water partition coefficient (Wildman–Crippen LogP) is 2.43. The van der Waals surface area contributed by atoms with Gasteiger partial charge in [0.2, 0.25) is 5.91 Å². The second kappa shape index (κ2) is 3.69. The molecule has 0 aromatic heterocycles. The molecule has 0 saturated carbocycles. The number of likely N-dealkylation sites (tertiary alicyclic amines) is 1. The molecule has 1 heterocycles. The first kappa shape index (κ1) is 10.6. The Bertz CT molecular complexity index is 196. The van der Waals surface area contributed by atoms with Gasteiger partial charge in [-0.2, -0.15) is 0 Å². The Labute approximate surface area is 81.3 Å². The Morgan fingerprint density at radius 3 is 2.46 bits per heavy atom. The normalized spacial score (nSPS) is 18.8. The maximum absolute atomic E-state index is 11.5. The lowest BCUT2D eigenvalue weighted by Gasteiger charge is -2.37. The van der Waals surface area contributed by atoms with Crippen molar-refractivity contribution in [1.82, 2.24) is 4.90 Å². The van der Waals surface area contributed by atoms with Crippen molar-refractivity contribution in [3.8, 4) is 0 Å². The number of amides is 1. The summed E-state index contributed by atoms with van der Waals surface area (Å²) >= 11 is 0. The fourth-order valence-electron chi connectivity index (χ4n) is 2.40. The molecule has 0 radical (unpaired) electrons. The maximum Gasteiger partial charge on any atom is 0.223 e. The maximum atomic E-state index is 11.5. The molecule has 1 aliphatic heterocycles. The van der Waals surface area contributed by atoms with E-state index in [0.717, 1.165) is 25.8 Å². The molecular formula is C11H21NO. The summed E-state index contributed by atoms with van der Waals surface area (Å²) in [5, 5.41) is 0. The third kappa shape index (κ3) is 2.45. The zero-order chi connectivity index (χ0) is 10.1. The largest absolute Gasteiger partial charge is 0.338 e. The molecule has 2 heteroatoms. The monoisotopic (exact) mass is 183 g/mol. The van der Waals surface area contributed by atoms with Gasteiger partial charge < -0.3 is 4.90 Å². The average Bonchev–Trinajstić information content (AvgIpc) is 2.32. The van der Waals surface area contributed by atoms with E-state index in [0.29, 0.717) is 11.8 Å². The molecule has 1 fully saturated rings. The van der Waals surface area contributed by atoms with E-state index in [1.165, 1.54) is 0 Å². The molecule has 76 valence electrons. The number of rotatable bonds is 3. The molecule has 1 amide bonds. The first-order valence-corrected chi connectivity index (χ1v) is 5.24. The van der Waals surface area contributed by atoms with Crippen LogP contribution >= 0.6 is 0 Å². The second-order valence-electron chi connectivity index (χ2n) is 5.06. The number of nitrogens with zero attached hydrogens (tertiary/aromatic N) is 1. The van der Waals surface area contributed by atoms with Crippen molar-refractivity contribution in [2.45, 2.75) is 52.5 Å². The highest BCUT2D eigenvalue weighted by Crippen LogP contribution is 2.27. The van der Waals surface area contributed by atoms with Crippen molar-refractivity contribution in [1.29, 1.82) is 0 Å². The van der Waals surface area contributed by atoms with Crippen molar-refractivity contribution in [3.63, 3.8) is 0 Å². The standard InChI is InChI=1S/C11H21NO/c1-9(2)8-11(3,4)12-7-5-6-10(12)13/h9H,5-8H2,1-4H3. The smallest absolute Gasteiger partial charge is 0.223 e. The van der Waals surface area contributed by atoms with E-state index in [1.807, 2.05) is 4.90 Å². The van der Waals surface area contributed by atoms with Crippen molar-refractivity contribution in [2.24, 2.45) is 5.92 Å². The summed E-state index contributed by atoms with van der Waals surface area (Å²) < 4.78 is 0. The minimum atomic E-state index is 0.0573. The first-order chi connectivity index (χ1) is 5.93. The van der Waals surface area contributed by atoms with Crippen molar-refractivity contribution in [3.05, 3.63) is 0 Å². The summed E-state index contributed by atoms with van der Waals surface area (Å²) in [5.74, 6) is 0.994. The molecule has 2 nitrogen and oxygen atoms in total. The van der Waals surface area contributed by atoms with E-state index in [9.17, 15) is 4.79 Å². The van der Waals surface area contributed by atoms with E-state index in [2.05, 4.69) is 27.7 Å². The Kier molecular flexibility index (Phi) is 2.99. The number of carbonyl (C=O) groups is 1. The van der Waals surface area contributed by atoms with E-state index < -0.39 is 0 Å². The molecule has 13 heavy (non-hydrogen) atoms. The lowest BCUT2D eigenvalue weighted by Crippen LogP contribution is -2.45. The Hall–Kier alpha value is -0.530. The van der Waals surface area contributed by atoms with Crippen molar-refractivity contribution >= 4 is 5.91 Å². The summed E-state index contributed by atoms with van der Waals surface area (Å²) in [6.07, 6.45) is 2.89. The first-order valence-electron chi connectivity index (χ1n) is 5.24. The van der Waals surface area contributed by atoms with Crippen LogP contribution in [0.4, 0.5) is 0 Å². The van der Waals surface area contributed by atoms with Crippen LogP contribution in [0.2, 0.25) is 0 Å².